The van der Waals surface area contributed by atoms with E-state index in [4.69, 9.17) is 4.98 Å². The summed E-state index contributed by atoms with van der Waals surface area (Å²) >= 11 is 0. The lowest BCUT2D eigenvalue weighted by atomic mass is 9.67. The second-order valence-corrected chi connectivity index (χ2v) is 12.1. The lowest BCUT2D eigenvalue weighted by Gasteiger charge is -2.36. The number of aryl methyl sites for hydroxylation is 1. The second-order valence-electron chi connectivity index (χ2n) is 12.1. The second kappa shape index (κ2) is 10.8. The molecule has 0 bridgehead atoms. The number of nitrogens with zero attached hydrogens (tertiary/aromatic N) is 2. The summed E-state index contributed by atoms with van der Waals surface area (Å²) in [5.74, 6) is 1.03. The van der Waals surface area contributed by atoms with Crippen molar-refractivity contribution in [2.45, 2.75) is 26.2 Å². The molecule has 3 atom stereocenters. The van der Waals surface area contributed by atoms with E-state index in [0.29, 0.717) is 17.8 Å². The SMILES string of the molecule is CC1CC(C2=c3ccccc3=C(C3=Cc4ccccc4CC3)C3C=CC=CC23)=CC=C1c1cc(-c2ccncc2)ccn1. The maximum Gasteiger partial charge on any atom is 0.0670 e. The number of aromatic nitrogens is 2. The Morgan fingerprint density at radius 1 is 0.674 bits per heavy atom. The first-order chi connectivity index (χ1) is 21.2. The molecule has 0 amide bonds. The van der Waals surface area contributed by atoms with E-state index in [0.717, 1.165) is 25.0 Å². The van der Waals surface area contributed by atoms with Gasteiger partial charge in [-0.15, -0.1) is 0 Å². The van der Waals surface area contributed by atoms with Crippen molar-refractivity contribution in [2.24, 2.45) is 17.8 Å². The van der Waals surface area contributed by atoms with Crippen LogP contribution in [-0.4, -0.2) is 9.97 Å². The highest BCUT2D eigenvalue weighted by molar-refractivity contribution is 5.86. The molecule has 208 valence electrons. The van der Waals surface area contributed by atoms with Crippen LogP contribution in [0, 0.1) is 17.8 Å². The normalized spacial score (nSPS) is 22.2. The Kier molecular flexibility index (Phi) is 6.48. The van der Waals surface area contributed by atoms with E-state index in [1.54, 1.807) is 0 Å². The monoisotopic (exact) mass is 554 g/mol. The van der Waals surface area contributed by atoms with E-state index in [1.165, 1.54) is 60.6 Å². The number of pyridine rings is 2. The summed E-state index contributed by atoms with van der Waals surface area (Å²) in [5, 5.41) is 2.80. The molecular formula is C41H34N2. The number of benzene rings is 2. The molecular weight excluding hydrogens is 520 g/mol. The van der Waals surface area contributed by atoms with Gasteiger partial charge in [0.05, 0.1) is 5.69 Å². The Hall–Kier alpha value is -4.82. The van der Waals surface area contributed by atoms with Gasteiger partial charge < -0.3 is 0 Å². The van der Waals surface area contributed by atoms with Crippen molar-refractivity contribution in [1.29, 1.82) is 0 Å². The molecule has 2 nitrogen and oxygen atoms in total. The molecule has 4 aliphatic rings. The van der Waals surface area contributed by atoms with Crippen LogP contribution in [0.5, 0.6) is 0 Å². The van der Waals surface area contributed by atoms with Crippen molar-refractivity contribution < 1.29 is 0 Å². The van der Waals surface area contributed by atoms with Gasteiger partial charge in [0.1, 0.15) is 0 Å². The van der Waals surface area contributed by atoms with Crippen molar-refractivity contribution >= 4 is 22.8 Å². The number of fused-ring (bicyclic) bond motifs is 3. The summed E-state index contributed by atoms with van der Waals surface area (Å²) in [6.45, 7) is 2.35. The number of hydrogen-bond donors (Lipinski definition) is 0. The average Bonchev–Trinajstić information content (AvgIpc) is 3.07. The van der Waals surface area contributed by atoms with Gasteiger partial charge in [-0.25, -0.2) is 0 Å². The van der Waals surface area contributed by atoms with E-state index in [-0.39, 0.29) is 0 Å². The Labute approximate surface area is 253 Å². The number of rotatable bonds is 4. The van der Waals surface area contributed by atoms with Crippen LogP contribution in [-0.2, 0) is 6.42 Å². The highest BCUT2D eigenvalue weighted by atomic mass is 14.7. The van der Waals surface area contributed by atoms with E-state index in [2.05, 4.69) is 127 Å². The van der Waals surface area contributed by atoms with Gasteiger partial charge >= 0.3 is 0 Å². The summed E-state index contributed by atoms with van der Waals surface area (Å²) in [6, 6.07) is 26.5. The van der Waals surface area contributed by atoms with Crippen LogP contribution in [0.2, 0.25) is 0 Å². The molecule has 8 rings (SSSR count). The number of hydrogen-bond acceptors (Lipinski definition) is 2. The van der Waals surface area contributed by atoms with Gasteiger partial charge in [0.2, 0.25) is 0 Å². The van der Waals surface area contributed by atoms with Crippen molar-refractivity contribution in [3.05, 3.63) is 166 Å². The van der Waals surface area contributed by atoms with Gasteiger partial charge in [-0.05, 0) is 110 Å². The molecule has 0 N–H and O–H groups in total. The lowest BCUT2D eigenvalue weighted by Crippen LogP contribution is -2.41. The minimum Gasteiger partial charge on any atom is -0.265 e. The fourth-order valence-corrected chi connectivity index (χ4v) is 7.60. The zero-order valence-corrected chi connectivity index (χ0v) is 24.4. The minimum atomic E-state index is 0.328. The van der Waals surface area contributed by atoms with Crippen LogP contribution in [0.25, 0.3) is 33.9 Å². The summed E-state index contributed by atoms with van der Waals surface area (Å²) in [6.07, 6.45) is 25.4. The quantitative estimate of drug-likeness (QED) is 0.256. The van der Waals surface area contributed by atoms with Crippen LogP contribution >= 0.6 is 0 Å². The fourth-order valence-electron chi connectivity index (χ4n) is 7.60. The smallest absolute Gasteiger partial charge is 0.0670 e. The van der Waals surface area contributed by atoms with Crippen molar-refractivity contribution in [1.82, 2.24) is 9.97 Å². The van der Waals surface area contributed by atoms with Gasteiger partial charge in [-0.1, -0.05) is 98.0 Å². The molecule has 0 spiro atoms. The maximum atomic E-state index is 4.81. The fraction of sp³-hybridized carbons (Fsp3) is 0.171. The van der Waals surface area contributed by atoms with Crippen LogP contribution < -0.4 is 10.4 Å². The first-order valence-electron chi connectivity index (χ1n) is 15.5. The molecule has 0 fully saturated rings. The van der Waals surface area contributed by atoms with E-state index in [9.17, 15) is 0 Å². The summed E-state index contributed by atoms with van der Waals surface area (Å²) < 4.78 is 0. The largest absolute Gasteiger partial charge is 0.265 e. The molecule has 2 aromatic carbocycles. The zero-order chi connectivity index (χ0) is 28.8. The minimum absolute atomic E-state index is 0.328. The van der Waals surface area contributed by atoms with Crippen LogP contribution in [0.4, 0.5) is 0 Å². The molecule has 0 saturated heterocycles. The molecule has 0 radical (unpaired) electrons. The van der Waals surface area contributed by atoms with Crippen molar-refractivity contribution in [3.63, 3.8) is 0 Å². The molecule has 4 aliphatic carbocycles. The number of allylic oxidation sites excluding steroid dienone is 9. The average molecular weight is 555 g/mol. The third kappa shape index (κ3) is 4.58. The molecule has 2 heterocycles. The Morgan fingerprint density at radius 2 is 1.37 bits per heavy atom. The lowest BCUT2D eigenvalue weighted by molar-refractivity contribution is 0.659. The summed E-state index contributed by atoms with van der Waals surface area (Å²) in [4.78, 5) is 8.99. The van der Waals surface area contributed by atoms with Crippen LogP contribution in [0.3, 0.4) is 0 Å². The third-order valence-corrected chi connectivity index (χ3v) is 9.64. The predicted octanol–water partition coefficient (Wildman–Crippen LogP) is 7.90. The van der Waals surface area contributed by atoms with Gasteiger partial charge in [-0.2, -0.15) is 0 Å². The van der Waals surface area contributed by atoms with Crippen LogP contribution in [0.15, 0.2) is 139 Å². The molecule has 4 aromatic rings. The Balaban J connectivity index is 1.27. The van der Waals surface area contributed by atoms with Gasteiger partial charge in [-0.3, -0.25) is 9.97 Å². The van der Waals surface area contributed by atoms with E-state index in [1.807, 2.05) is 18.6 Å². The highest BCUT2D eigenvalue weighted by Gasteiger charge is 2.34. The van der Waals surface area contributed by atoms with Gasteiger partial charge in [0.25, 0.3) is 0 Å². The van der Waals surface area contributed by atoms with Crippen molar-refractivity contribution in [3.8, 4) is 11.1 Å². The topological polar surface area (TPSA) is 25.8 Å². The molecule has 3 unspecified atom stereocenters. The van der Waals surface area contributed by atoms with Gasteiger partial charge in [0, 0.05) is 30.4 Å². The van der Waals surface area contributed by atoms with Gasteiger partial charge in [0.15, 0.2) is 0 Å². The first-order valence-corrected chi connectivity index (χ1v) is 15.5. The molecule has 2 aromatic heterocycles. The zero-order valence-electron chi connectivity index (χ0n) is 24.4. The van der Waals surface area contributed by atoms with Crippen molar-refractivity contribution in [2.75, 3.05) is 0 Å². The first kappa shape index (κ1) is 25.9. The molecule has 0 aliphatic heterocycles. The van der Waals surface area contributed by atoms with E-state index < -0.39 is 0 Å². The van der Waals surface area contributed by atoms with Crippen LogP contribution in [0.1, 0.15) is 36.6 Å². The summed E-state index contributed by atoms with van der Waals surface area (Å²) in [5.41, 5.74) is 13.5. The summed E-state index contributed by atoms with van der Waals surface area (Å²) in [7, 11) is 0. The highest BCUT2D eigenvalue weighted by Crippen LogP contribution is 2.45. The predicted molar refractivity (Wildman–Crippen MR) is 178 cm³/mol. The molecule has 0 saturated carbocycles. The molecule has 2 heteroatoms. The van der Waals surface area contributed by atoms with E-state index >= 15 is 0 Å². The Morgan fingerprint density at radius 3 is 2.14 bits per heavy atom. The molecule has 43 heavy (non-hydrogen) atoms. The standard InChI is InChI=1S/C41H34N2/c1-27-24-32(16-17-34(27)39-26-31(20-23-43-39)29-18-21-42-22-19-29)40-35-10-4-6-12-37(35)41(38-13-7-5-11-36(38)40)33-15-14-28-8-2-3-9-30(28)25-33/h2-13,16-23,25-27,35,37H,14-15,24H2,1H3. The third-order valence-electron chi connectivity index (χ3n) is 9.64. The Bertz CT molecular complexity index is 2020. The maximum absolute atomic E-state index is 4.81.